The molecule has 1 aliphatic heterocycles. The Bertz CT molecular complexity index is 346. The molecule has 1 atom stereocenters. The van der Waals surface area contributed by atoms with Crippen molar-refractivity contribution in [3.8, 4) is 5.75 Å². The van der Waals surface area contributed by atoms with Gasteiger partial charge in [-0.25, -0.2) is 8.78 Å². The third-order valence-electron chi connectivity index (χ3n) is 2.27. The average Bonchev–Trinajstić information content (AvgIpc) is 2.16. The summed E-state index contributed by atoms with van der Waals surface area (Å²) in [5.41, 5.74) is 6.47. The first-order valence-corrected chi connectivity index (χ1v) is 4.46. The second-order valence-corrected chi connectivity index (χ2v) is 3.44. The predicted molar refractivity (Wildman–Crippen MR) is 55.8 cm³/mol. The molecule has 2 N–H and O–H groups in total. The van der Waals surface area contributed by atoms with Gasteiger partial charge in [-0.05, 0) is 30.2 Å². The number of nitrogens with two attached hydrogens (primary N) is 1. The van der Waals surface area contributed by atoms with Crippen LogP contribution in [0.5, 0.6) is 5.75 Å². The Kier molecular flexibility index (Phi) is 3.88. The first-order valence-electron chi connectivity index (χ1n) is 4.46. The summed E-state index contributed by atoms with van der Waals surface area (Å²) in [5.74, 6) is 0.677. The van der Waals surface area contributed by atoms with Crippen molar-refractivity contribution < 1.29 is 13.5 Å². The van der Waals surface area contributed by atoms with Gasteiger partial charge in [-0.2, -0.15) is 0 Å². The van der Waals surface area contributed by atoms with Crippen molar-refractivity contribution in [3.05, 3.63) is 29.3 Å². The molecule has 0 radical (unpaired) electrons. The average molecular weight is 236 g/mol. The third-order valence-corrected chi connectivity index (χ3v) is 2.27. The van der Waals surface area contributed by atoms with E-state index in [0.29, 0.717) is 18.8 Å². The summed E-state index contributed by atoms with van der Waals surface area (Å²) in [6, 6.07) is 4.36. The molecule has 0 saturated carbocycles. The van der Waals surface area contributed by atoms with E-state index in [1.165, 1.54) is 12.1 Å². The first-order chi connectivity index (χ1) is 6.66. The van der Waals surface area contributed by atoms with Gasteiger partial charge in [0, 0.05) is 11.6 Å². The summed E-state index contributed by atoms with van der Waals surface area (Å²) in [5, 5.41) is 0. The molecular weight excluding hydrogens is 224 g/mol. The maximum absolute atomic E-state index is 12.4. The van der Waals surface area contributed by atoms with Crippen LogP contribution in [-0.2, 0) is 6.42 Å². The number of alkyl halides is 2. The van der Waals surface area contributed by atoms with E-state index in [-0.39, 0.29) is 24.0 Å². The monoisotopic (exact) mass is 235 g/mol. The number of hydrogen-bond donors (Lipinski definition) is 1. The van der Waals surface area contributed by atoms with Crippen molar-refractivity contribution in [3.63, 3.8) is 0 Å². The molecule has 1 aliphatic rings. The SMILES string of the molecule is Cl.N[C@H]1COc2ccc(C(F)F)cc2C1. The fourth-order valence-electron chi connectivity index (χ4n) is 1.57. The summed E-state index contributed by atoms with van der Waals surface area (Å²) in [7, 11) is 0. The number of ether oxygens (including phenoxy) is 1. The van der Waals surface area contributed by atoms with Crippen LogP contribution in [0.15, 0.2) is 18.2 Å². The quantitative estimate of drug-likeness (QED) is 0.811. The summed E-state index contributed by atoms with van der Waals surface area (Å²) in [4.78, 5) is 0. The van der Waals surface area contributed by atoms with Gasteiger partial charge in [-0.15, -0.1) is 12.4 Å². The summed E-state index contributed by atoms with van der Waals surface area (Å²) in [6.07, 6.45) is -1.82. The highest BCUT2D eigenvalue weighted by Gasteiger charge is 2.18. The molecule has 0 spiro atoms. The molecule has 0 bridgehead atoms. The number of fused-ring (bicyclic) bond motifs is 1. The zero-order valence-corrected chi connectivity index (χ0v) is 8.77. The van der Waals surface area contributed by atoms with E-state index in [4.69, 9.17) is 10.5 Å². The number of halogens is 3. The van der Waals surface area contributed by atoms with Crippen molar-refractivity contribution in [1.29, 1.82) is 0 Å². The van der Waals surface area contributed by atoms with Crippen LogP contribution >= 0.6 is 12.4 Å². The fraction of sp³-hybridized carbons (Fsp3) is 0.400. The Hall–Kier alpha value is -0.870. The largest absolute Gasteiger partial charge is 0.492 e. The van der Waals surface area contributed by atoms with Crippen LogP contribution in [0.4, 0.5) is 8.78 Å². The van der Waals surface area contributed by atoms with Gasteiger partial charge in [0.1, 0.15) is 12.4 Å². The van der Waals surface area contributed by atoms with Crippen molar-refractivity contribution in [2.24, 2.45) is 5.73 Å². The normalized spacial score (nSPS) is 19.1. The zero-order valence-electron chi connectivity index (χ0n) is 7.95. The minimum atomic E-state index is -2.43. The lowest BCUT2D eigenvalue weighted by Gasteiger charge is -2.22. The minimum Gasteiger partial charge on any atom is -0.492 e. The van der Waals surface area contributed by atoms with Crippen LogP contribution in [-0.4, -0.2) is 12.6 Å². The van der Waals surface area contributed by atoms with Gasteiger partial charge >= 0.3 is 0 Å². The molecule has 84 valence electrons. The van der Waals surface area contributed by atoms with Crippen molar-refractivity contribution in [2.75, 3.05) is 6.61 Å². The summed E-state index contributed by atoms with van der Waals surface area (Å²) >= 11 is 0. The molecule has 0 unspecified atom stereocenters. The zero-order chi connectivity index (χ0) is 10.1. The van der Waals surface area contributed by atoms with Crippen molar-refractivity contribution in [2.45, 2.75) is 18.9 Å². The summed E-state index contributed by atoms with van der Waals surface area (Å²) < 4.78 is 30.0. The molecule has 0 fully saturated rings. The highest BCUT2D eigenvalue weighted by Crippen LogP contribution is 2.29. The van der Waals surface area contributed by atoms with Gasteiger partial charge in [-0.3, -0.25) is 0 Å². The Morgan fingerprint density at radius 3 is 2.80 bits per heavy atom. The van der Waals surface area contributed by atoms with E-state index < -0.39 is 6.43 Å². The molecule has 0 aromatic heterocycles. The van der Waals surface area contributed by atoms with Crippen LogP contribution < -0.4 is 10.5 Å². The Morgan fingerprint density at radius 1 is 1.40 bits per heavy atom. The molecular formula is C10H12ClF2NO. The maximum atomic E-state index is 12.4. The molecule has 2 nitrogen and oxygen atoms in total. The highest BCUT2D eigenvalue weighted by molar-refractivity contribution is 5.85. The molecule has 0 aliphatic carbocycles. The Balaban J connectivity index is 0.00000112. The van der Waals surface area contributed by atoms with E-state index in [1.54, 1.807) is 6.07 Å². The van der Waals surface area contributed by atoms with E-state index >= 15 is 0 Å². The van der Waals surface area contributed by atoms with Crippen LogP contribution in [0.2, 0.25) is 0 Å². The number of hydrogen-bond acceptors (Lipinski definition) is 2. The molecule has 0 saturated heterocycles. The standard InChI is InChI=1S/C10H11F2NO.ClH/c11-10(12)6-1-2-9-7(3-6)4-8(13)5-14-9;/h1-3,8,10H,4-5,13H2;1H/t8-;/m1./s1. The van der Waals surface area contributed by atoms with Crippen molar-refractivity contribution in [1.82, 2.24) is 0 Å². The third kappa shape index (κ3) is 2.58. The Morgan fingerprint density at radius 2 is 2.13 bits per heavy atom. The molecule has 1 aromatic rings. The lowest BCUT2D eigenvalue weighted by atomic mass is 10.0. The van der Waals surface area contributed by atoms with Crippen LogP contribution in [0.1, 0.15) is 17.6 Å². The van der Waals surface area contributed by atoms with E-state index in [1.807, 2.05) is 0 Å². The van der Waals surface area contributed by atoms with Gasteiger partial charge in [-0.1, -0.05) is 0 Å². The molecule has 1 heterocycles. The van der Waals surface area contributed by atoms with Crippen LogP contribution in [0, 0.1) is 0 Å². The lowest BCUT2D eigenvalue weighted by Crippen LogP contribution is -2.33. The highest BCUT2D eigenvalue weighted by atomic mass is 35.5. The fourth-order valence-corrected chi connectivity index (χ4v) is 1.57. The van der Waals surface area contributed by atoms with Gasteiger partial charge < -0.3 is 10.5 Å². The van der Waals surface area contributed by atoms with Gasteiger partial charge in [0.2, 0.25) is 0 Å². The van der Waals surface area contributed by atoms with E-state index in [9.17, 15) is 8.78 Å². The van der Waals surface area contributed by atoms with Gasteiger partial charge in [0.25, 0.3) is 6.43 Å². The molecule has 5 heteroatoms. The lowest BCUT2D eigenvalue weighted by molar-refractivity contribution is 0.151. The minimum absolute atomic E-state index is 0. The van der Waals surface area contributed by atoms with Gasteiger partial charge in [0.15, 0.2) is 0 Å². The second-order valence-electron chi connectivity index (χ2n) is 3.44. The first kappa shape index (κ1) is 12.2. The molecule has 15 heavy (non-hydrogen) atoms. The van der Waals surface area contributed by atoms with Crippen LogP contribution in [0.25, 0.3) is 0 Å². The smallest absolute Gasteiger partial charge is 0.263 e. The van der Waals surface area contributed by atoms with Gasteiger partial charge in [0.05, 0.1) is 0 Å². The topological polar surface area (TPSA) is 35.2 Å². The predicted octanol–water partition coefficient (Wildman–Crippen LogP) is 2.31. The molecule has 2 rings (SSSR count). The van der Waals surface area contributed by atoms with Crippen molar-refractivity contribution >= 4 is 12.4 Å². The van der Waals surface area contributed by atoms with E-state index in [0.717, 1.165) is 5.56 Å². The maximum Gasteiger partial charge on any atom is 0.263 e. The molecule has 1 aromatic carbocycles. The molecule has 0 amide bonds. The van der Waals surface area contributed by atoms with Crippen LogP contribution in [0.3, 0.4) is 0 Å². The number of benzene rings is 1. The van der Waals surface area contributed by atoms with E-state index in [2.05, 4.69) is 0 Å². The number of rotatable bonds is 1. The second kappa shape index (κ2) is 4.77. The Labute approximate surface area is 92.8 Å². The summed E-state index contributed by atoms with van der Waals surface area (Å²) in [6.45, 7) is 0.459.